The van der Waals surface area contributed by atoms with Crippen LogP contribution in [0.3, 0.4) is 0 Å². The van der Waals surface area contributed by atoms with Gasteiger partial charge >= 0.3 is 5.97 Å². The van der Waals surface area contributed by atoms with Gasteiger partial charge in [0.2, 0.25) is 0 Å². The van der Waals surface area contributed by atoms with Crippen LogP contribution in [0.2, 0.25) is 0 Å². The summed E-state index contributed by atoms with van der Waals surface area (Å²) in [5.74, 6) is -0.0858. The van der Waals surface area contributed by atoms with Crippen molar-refractivity contribution in [2.45, 2.75) is 38.0 Å². The number of benzene rings is 1. The molecule has 0 radical (unpaired) electrons. The molecule has 0 bridgehead atoms. The second kappa shape index (κ2) is 4.47. The van der Waals surface area contributed by atoms with Gasteiger partial charge in [-0.15, -0.1) is 0 Å². The molecule has 1 fully saturated rings. The molecular formula is C13H16O2. The van der Waals surface area contributed by atoms with Crippen LogP contribution in [0.5, 0.6) is 0 Å². The Kier molecular flexibility index (Phi) is 3.05. The molecule has 1 aromatic carbocycles. The smallest absolute Gasteiger partial charge is 0.307 e. The van der Waals surface area contributed by atoms with Crippen LogP contribution in [0.25, 0.3) is 0 Å². The van der Waals surface area contributed by atoms with Crippen LogP contribution in [-0.4, -0.2) is 11.1 Å². The Morgan fingerprint density at radius 3 is 2.73 bits per heavy atom. The van der Waals surface area contributed by atoms with E-state index < -0.39 is 5.97 Å². The van der Waals surface area contributed by atoms with E-state index in [9.17, 15) is 4.79 Å². The Bertz CT molecular complexity index is 351. The number of carboxylic acid groups (broad SMARTS) is 1. The Morgan fingerprint density at radius 1 is 1.33 bits per heavy atom. The van der Waals surface area contributed by atoms with Gasteiger partial charge in [0.15, 0.2) is 0 Å². The van der Waals surface area contributed by atoms with Gasteiger partial charge in [-0.05, 0) is 29.9 Å². The molecule has 0 spiro atoms. The fourth-order valence-electron chi connectivity index (χ4n) is 2.39. The Balaban J connectivity index is 2.14. The highest BCUT2D eigenvalue weighted by Crippen LogP contribution is 2.34. The third-order valence-corrected chi connectivity index (χ3v) is 3.13. The molecule has 1 saturated carbocycles. The Hall–Kier alpha value is -1.31. The molecule has 0 unspecified atom stereocenters. The van der Waals surface area contributed by atoms with E-state index in [1.807, 2.05) is 12.1 Å². The lowest BCUT2D eigenvalue weighted by atomic mass is 9.95. The molecule has 0 atom stereocenters. The minimum absolute atomic E-state index is 0.139. The van der Waals surface area contributed by atoms with Gasteiger partial charge in [0.1, 0.15) is 0 Å². The van der Waals surface area contributed by atoms with Crippen molar-refractivity contribution < 1.29 is 9.90 Å². The average Bonchev–Trinajstić information content (AvgIpc) is 2.69. The maximum Gasteiger partial charge on any atom is 0.307 e. The van der Waals surface area contributed by atoms with Crippen LogP contribution in [-0.2, 0) is 11.2 Å². The van der Waals surface area contributed by atoms with Crippen molar-refractivity contribution in [3.05, 3.63) is 35.4 Å². The highest BCUT2D eigenvalue weighted by molar-refractivity contribution is 5.70. The summed E-state index contributed by atoms with van der Waals surface area (Å²) >= 11 is 0. The molecule has 80 valence electrons. The van der Waals surface area contributed by atoms with Crippen LogP contribution in [0.1, 0.15) is 42.7 Å². The molecule has 1 aliphatic carbocycles. The Morgan fingerprint density at radius 2 is 2.07 bits per heavy atom. The predicted octanol–water partition coefficient (Wildman–Crippen LogP) is 2.97. The van der Waals surface area contributed by atoms with Gasteiger partial charge in [-0.1, -0.05) is 37.1 Å². The van der Waals surface area contributed by atoms with Gasteiger partial charge in [-0.3, -0.25) is 4.79 Å². The normalized spacial score (nSPS) is 16.8. The van der Waals surface area contributed by atoms with Crippen molar-refractivity contribution in [1.29, 1.82) is 0 Å². The van der Waals surface area contributed by atoms with Gasteiger partial charge in [0.25, 0.3) is 0 Å². The fourth-order valence-corrected chi connectivity index (χ4v) is 2.39. The van der Waals surface area contributed by atoms with E-state index in [4.69, 9.17) is 5.11 Å². The molecule has 0 aromatic heterocycles. The summed E-state index contributed by atoms with van der Waals surface area (Å²) in [5, 5.41) is 8.72. The van der Waals surface area contributed by atoms with E-state index in [1.54, 1.807) is 0 Å². The predicted molar refractivity (Wildman–Crippen MR) is 59.0 cm³/mol. The lowest BCUT2D eigenvalue weighted by Gasteiger charge is -2.10. The average molecular weight is 204 g/mol. The molecule has 2 nitrogen and oxygen atoms in total. The number of carbonyl (C=O) groups is 1. The van der Waals surface area contributed by atoms with Crippen molar-refractivity contribution in [3.63, 3.8) is 0 Å². The molecule has 0 heterocycles. The fraction of sp³-hybridized carbons (Fsp3) is 0.462. The van der Waals surface area contributed by atoms with Gasteiger partial charge in [-0.25, -0.2) is 0 Å². The van der Waals surface area contributed by atoms with E-state index >= 15 is 0 Å². The van der Waals surface area contributed by atoms with Gasteiger partial charge in [-0.2, -0.15) is 0 Å². The second-order valence-electron chi connectivity index (χ2n) is 4.30. The van der Waals surface area contributed by atoms with E-state index in [1.165, 1.54) is 31.2 Å². The van der Waals surface area contributed by atoms with Crippen molar-refractivity contribution >= 4 is 5.97 Å². The van der Waals surface area contributed by atoms with Crippen molar-refractivity contribution in [3.8, 4) is 0 Å². The lowest BCUT2D eigenvalue weighted by Crippen LogP contribution is -2.01. The number of aliphatic carboxylic acids is 1. The largest absolute Gasteiger partial charge is 0.481 e. The molecule has 15 heavy (non-hydrogen) atoms. The number of carboxylic acids is 1. The maximum atomic E-state index is 10.6. The summed E-state index contributed by atoms with van der Waals surface area (Å²) in [7, 11) is 0. The molecule has 2 rings (SSSR count). The standard InChI is InChI=1S/C13H16O2/c14-13(15)9-10-4-3-7-12(8-10)11-5-1-2-6-11/h3-4,7-8,11H,1-2,5-6,9H2,(H,14,15). The SMILES string of the molecule is O=C(O)Cc1cccc(C2CCCC2)c1. The monoisotopic (exact) mass is 204 g/mol. The molecule has 0 aliphatic heterocycles. The van der Waals surface area contributed by atoms with E-state index in [0.29, 0.717) is 5.92 Å². The Labute approximate surface area is 89.9 Å². The number of hydrogen-bond donors (Lipinski definition) is 1. The van der Waals surface area contributed by atoms with Gasteiger partial charge in [0, 0.05) is 0 Å². The van der Waals surface area contributed by atoms with Gasteiger partial charge < -0.3 is 5.11 Å². The summed E-state index contributed by atoms with van der Waals surface area (Å²) < 4.78 is 0. The molecule has 0 saturated heterocycles. The molecule has 0 amide bonds. The summed E-state index contributed by atoms with van der Waals surface area (Å²) in [4.78, 5) is 10.6. The van der Waals surface area contributed by atoms with Crippen LogP contribution in [0, 0.1) is 0 Å². The van der Waals surface area contributed by atoms with Crippen molar-refractivity contribution in [2.24, 2.45) is 0 Å². The zero-order valence-electron chi connectivity index (χ0n) is 8.78. The first kappa shape index (κ1) is 10.2. The lowest BCUT2D eigenvalue weighted by molar-refractivity contribution is -0.136. The third-order valence-electron chi connectivity index (χ3n) is 3.13. The van der Waals surface area contributed by atoms with Crippen LogP contribution in [0.15, 0.2) is 24.3 Å². The molecule has 1 aromatic rings. The highest BCUT2D eigenvalue weighted by atomic mass is 16.4. The zero-order valence-corrected chi connectivity index (χ0v) is 8.78. The highest BCUT2D eigenvalue weighted by Gasteiger charge is 2.17. The second-order valence-corrected chi connectivity index (χ2v) is 4.30. The summed E-state index contributed by atoms with van der Waals surface area (Å²) in [6.45, 7) is 0. The molecule has 1 N–H and O–H groups in total. The van der Waals surface area contributed by atoms with Crippen molar-refractivity contribution in [1.82, 2.24) is 0 Å². The summed E-state index contributed by atoms with van der Waals surface area (Å²) in [5.41, 5.74) is 2.25. The van der Waals surface area contributed by atoms with E-state index in [2.05, 4.69) is 12.1 Å². The summed E-state index contributed by atoms with van der Waals surface area (Å²) in [6.07, 6.45) is 5.29. The molecule has 2 heteroatoms. The molecule has 1 aliphatic rings. The third kappa shape index (κ3) is 2.58. The first-order valence-corrected chi connectivity index (χ1v) is 5.56. The van der Waals surface area contributed by atoms with Crippen LogP contribution >= 0.6 is 0 Å². The minimum atomic E-state index is -0.751. The van der Waals surface area contributed by atoms with Crippen LogP contribution in [0.4, 0.5) is 0 Å². The minimum Gasteiger partial charge on any atom is -0.481 e. The molecular weight excluding hydrogens is 188 g/mol. The maximum absolute atomic E-state index is 10.6. The number of hydrogen-bond acceptors (Lipinski definition) is 1. The quantitative estimate of drug-likeness (QED) is 0.821. The first-order chi connectivity index (χ1) is 7.25. The van der Waals surface area contributed by atoms with Crippen molar-refractivity contribution in [2.75, 3.05) is 0 Å². The van der Waals surface area contributed by atoms with Crippen LogP contribution < -0.4 is 0 Å². The summed E-state index contributed by atoms with van der Waals surface area (Å²) in [6, 6.07) is 8.06. The zero-order chi connectivity index (χ0) is 10.7. The van der Waals surface area contributed by atoms with E-state index in [0.717, 1.165) is 5.56 Å². The van der Waals surface area contributed by atoms with E-state index in [-0.39, 0.29) is 6.42 Å². The number of rotatable bonds is 3. The van der Waals surface area contributed by atoms with Gasteiger partial charge in [0.05, 0.1) is 6.42 Å². The topological polar surface area (TPSA) is 37.3 Å². The first-order valence-electron chi connectivity index (χ1n) is 5.56.